The van der Waals surface area contributed by atoms with Crippen molar-refractivity contribution in [2.45, 2.75) is 12.8 Å². The molecule has 1 aliphatic rings. The maximum absolute atomic E-state index is 10.1. The molecule has 0 fully saturated rings. The van der Waals surface area contributed by atoms with Gasteiger partial charge in [0.05, 0.1) is 10.0 Å². The maximum atomic E-state index is 10.1. The van der Waals surface area contributed by atoms with E-state index < -0.39 is 0 Å². The standard InChI is InChI=1S/C15H12BrClNO/c1-9-14-5-4-13(17)7-10(14)2-3-11-6-12(16)8-18(19)15(9)11/h4-8,19H,1-3H2/q+1. The first-order chi connectivity index (χ1) is 9.06. The van der Waals surface area contributed by atoms with Crippen molar-refractivity contribution in [2.75, 3.05) is 0 Å². The van der Waals surface area contributed by atoms with Crippen LogP contribution < -0.4 is 4.73 Å². The fraction of sp³-hybridized carbons (Fsp3) is 0.133. The first-order valence-corrected chi connectivity index (χ1v) is 7.15. The van der Waals surface area contributed by atoms with E-state index in [1.54, 1.807) is 6.20 Å². The first-order valence-electron chi connectivity index (χ1n) is 5.97. The lowest BCUT2D eigenvalue weighted by atomic mass is 9.99. The van der Waals surface area contributed by atoms with Crippen molar-refractivity contribution in [1.29, 1.82) is 0 Å². The average Bonchev–Trinajstić information content (AvgIpc) is 2.47. The van der Waals surface area contributed by atoms with Crippen molar-refractivity contribution >= 4 is 33.1 Å². The van der Waals surface area contributed by atoms with Crippen LogP contribution in [0.1, 0.15) is 22.4 Å². The predicted octanol–water partition coefficient (Wildman–Crippen LogP) is 3.79. The second-order valence-corrected chi connectivity index (χ2v) is 6.01. The summed E-state index contributed by atoms with van der Waals surface area (Å²) in [5, 5.41) is 10.8. The molecule has 2 aromatic rings. The van der Waals surface area contributed by atoms with Gasteiger partial charge in [-0.15, -0.1) is 0 Å². The molecule has 4 heteroatoms. The van der Waals surface area contributed by atoms with Gasteiger partial charge in [-0.2, -0.15) is 0 Å². The van der Waals surface area contributed by atoms with Gasteiger partial charge in [-0.05, 0) is 58.1 Å². The Kier molecular flexibility index (Phi) is 3.11. The lowest BCUT2D eigenvalue weighted by Gasteiger charge is -2.06. The van der Waals surface area contributed by atoms with Crippen LogP contribution in [0.25, 0.3) is 5.57 Å². The van der Waals surface area contributed by atoms with E-state index in [-0.39, 0.29) is 0 Å². The smallest absolute Gasteiger partial charge is 0.267 e. The Morgan fingerprint density at radius 2 is 1.95 bits per heavy atom. The van der Waals surface area contributed by atoms with Crippen molar-refractivity contribution in [2.24, 2.45) is 0 Å². The lowest BCUT2D eigenvalue weighted by Crippen LogP contribution is -2.35. The third kappa shape index (κ3) is 2.17. The van der Waals surface area contributed by atoms with Crippen molar-refractivity contribution in [3.05, 3.63) is 68.9 Å². The molecule has 0 bridgehead atoms. The van der Waals surface area contributed by atoms with Crippen LogP contribution in [0.3, 0.4) is 0 Å². The number of rotatable bonds is 0. The molecule has 1 N–H and O–H groups in total. The summed E-state index contributed by atoms with van der Waals surface area (Å²) in [7, 11) is 0. The largest absolute Gasteiger partial charge is 0.284 e. The summed E-state index contributed by atoms with van der Waals surface area (Å²) < 4.78 is 2.00. The maximum Gasteiger partial charge on any atom is 0.267 e. The highest BCUT2D eigenvalue weighted by Crippen LogP contribution is 2.32. The Bertz CT molecular complexity index is 697. The van der Waals surface area contributed by atoms with Gasteiger partial charge in [0.15, 0.2) is 0 Å². The van der Waals surface area contributed by atoms with Gasteiger partial charge in [-0.1, -0.05) is 24.2 Å². The Balaban J connectivity index is 2.23. The second kappa shape index (κ2) is 4.66. The molecular formula is C15H12BrClNO+. The monoisotopic (exact) mass is 336 g/mol. The first kappa shape index (κ1) is 12.7. The van der Waals surface area contributed by atoms with E-state index >= 15 is 0 Å². The molecule has 0 unspecified atom stereocenters. The second-order valence-electron chi connectivity index (χ2n) is 4.66. The van der Waals surface area contributed by atoms with Crippen LogP contribution >= 0.6 is 27.5 Å². The topological polar surface area (TPSA) is 24.1 Å². The molecule has 2 nitrogen and oxygen atoms in total. The van der Waals surface area contributed by atoms with Crippen LogP contribution in [0.5, 0.6) is 0 Å². The van der Waals surface area contributed by atoms with E-state index in [4.69, 9.17) is 11.6 Å². The molecule has 0 saturated carbocycles. The molecule has 1 aromatic carbocycles. The molecule has 0 amide bonds. The predicted molar refractivity (Wildman–Crippen MR) is 78.5 cm³/mol. The van der Waals surface area contributed by atoms with E-state index in [0.29, 0.717) is 0 Å². The molecule has 0 aliphatic heterocycles. The Hall–Kier alpha value is -1.32. The average molecular weight is 338 g/mol. The summed E-state index contributed by atoms with van der Waals surface area (Å²) >= 11 is 9.46. The quantitative estimate of drug-likeness (QED) is 0.574. The van der Waals surface area contributed by atoms with Crippen LogP contribution in [0.15, 0.2) is 41.5 Å². The highest BCUT2D eigenvalue weighted by atomic mass is 79.9. The van der Waals surface area contributed by atoms with Gasteiger partial charge in [0, 0.05) is 15.3 Å². The molecule has 19 heavy (non-hydrogen) atoms. The van der Waals surface area contributed by atoms with Gasteiger partial charge in [0.2, 0.25) is 6.20 Å². The van der Waals surface area contributed by atoms with Crippen LogP contribution in [0.4, 0.5) is 0 Å². The zero-order valence-corrected chi connectivity index (χ0v) is 12.5. The van der Waals surface area contributed by atoms with Crippen LogP contribution in [0, 0.1) is 0 Å². The number of aromatic nitrogens is 1. The van der Waals surface area contributed by atoms with E-state index in [1.807, 2.05) is 24.3 Å². The third-order valence-corrected chi connectivity index (χ3v) is 4.10. The normalized spacial score (nSPS) is 13.7. The number of nitrogens with zero attached hydrogens (tertiary/aromatic N) is 1. The molecule has 0 radical (unpaired) electrons. The van der Waals surface area contributed by atoms with Crippen molar-refractivity contribution in [3.8, 4) is 0 Å². The minimum Gasteiger partial charge on any atom is -0.284 e. The van der Waals surface area contributed by atoms with Gasteiger partial charge >= 0.3 is 0 Å². The lowest BCUT2D eigenvalue weighted by molar-refractivity contribution is -0.906. The number of halogens is 2. The molecule has 3 rings (SSSR count). The molecule has 1 aliphatic carbocycles. The summed E-state index contributed by atoms with van der Waals surface area (Å²) in [4.78, 5) is 0. The SMILES string of the molecule is C=C1c2ccc(Cl)cc2CCc2cc(Br)c[n+](O)c21. The fourth-order valence-electron chi connectivity index (χ4n) is 2.58. The van der Waals surface area contributed by atoms with E-state index in [2.05, 4.69) is 22.5 Å². The van der Waals surface area contributed by atoms with Crippen molar-refractivity contribution < 1.29 is 9.94 Å². The Morgan fingerprint density at radius 1 is 1.21 bits per heavy atom. The molecule has 0 spiro atoms. The van der Waals surface area contributed by atoms with Crippen molar-refractivity contribution in [3.63, 3.8) is 0 Å². The number of hydrogen-bond acceptors (Lipinski definition) is 1. The number of aryl methyl sites for hydroxylation is 2. The van der Waals surface area contributed by atoms with Crippen LogP contribution in [-0.2, 0) is 12.8 Å². The van der Waals surface area contributed by atoms with Crippen LogP contribution in [-0.4, -0.2) is 5.21 Å². The minimum absolute atomic E-state index is 0.732. The summed E-state index contributed by atoms with van der Waals surface area (Å²) in [6, 6.07) is 7.83. The van der Waals surface area contributed by atoms with Gasteiger partial charge < -0.3 is 0 Å². The van der Waals surface area contributed by atoms with Gasteiger partial charge in [-0.3, -0.25) is 5.21 Å². The zero-order chi connectivity index (χ0) is 13.6. The highest BCUT2D eigenvalue weighted by Gasteiger charge is 2.26. The zero-order valence-electron chi connectivity index (χ0n) is 10.2. The summed E-state index contributed by atoms with van der Waals surface area (Å²) in [5.74, 6) is 0. The molecule has 0 atom stereocenters. The van der Waals surface area contributed by atoms with Gasteiger partial charge in [0.25, 0.3) is 5.69 Å². The van der Waals surface area contributed by atoms with Crippen molar-refractivity contribution in [1.82, 2.24) is 0 Å². The molecule has 1 aromatic heterocycles. The summed E-state index contributed by atoms with van der Waals surface area (Å²) in [6.45, 7) is 4.14. The number of hydrogen-bond donors (Lipinski definition) is 1. The number of pyridine rings is 1. The number of fused-ring (bicyclic) bond motifs is 2. The summed E-state index contributed by atoms with van der Waals surface area (Å²) in [5.41, 5.74) is 4.89. The van der Waals surface area contributed by atoms with E-state index in [0.717, 1.165) is 49.5 Å². The molecular weight excluding hydrogens is 326 g/mol. The van der Waals surface area contributed by atoms with E-state index in [9.17, 15) is 5.21 Å². The van der Waals surface area contributed by atoms with Gasteiger partial charge in [-0.25, -0.2) is 0 Å². The minimum atomic E-state index is 0.732. The van der Waals surface area contributed by atoms with Gasteiger partial charge in [0.1, 0.15) is 0 Å². The highest BCUT2D eigenvalue weighted by molar-refractivity contribution is 9.10. The molecule has 96 valence electrons. The Morgan fingerprint density at radius 3 is 2.74 bits per heavy atom. The van der Waals surface area contributed by atoms with E-state index in [1.165, 1.54) is 5.56 Å². The molecule has 1 heterocycles. The summed E-state index contributed by atoms with van der Waals surface area (Å²) in [6.07, 6.45) is 3.37. The number of benzene rings is 1. The van der Waals surface area contributed by atoms with Crippen LogP contribution in [0.2, 0.25) is 5.02 Å². The fourth-order valence-corrected chi connectivity index (χ4v) is 3.25. The third-order valence-electron chi connectivity index (χ3n) is 3.43. The Labute approximate surface area is 125 Å². The molecule has 0 saturated heterocycles.